The molecule has 0 unspecified atom stereocenters. The van der Waals surface area contributed by atoms with Gasteiger partial charge in [0, 0.05) is 17.7 Å². The van der Waals surface area contributed by atoms with Crippen LogP contribution in [-0.4, -0.2) is 23.6 Å². The Hall–Kier alpha value is -3.33. The molecule has 4 aromatic rings. The van der Waals surface area contributed by atoms with E-state index in [1.165, 1.54) is 0 Å². The van der Waals surface area contributed by atoms with E-state index < -0.39 is 5.60 Å². The zero-order valence-corrected chi connectivity index (χ0v) is 16.0. The smallest absolute Gasteiger partial charge is 0.411 e. The lowest BCUT2D eigenvalue weighted by Crippen LogP contribution is -2.41. The minimum absolute atomic E-state index is 0.00612. The van der Waals surface area contributed by atoms with E-state index in [-0.39, 0.29) is 12.1 Å². The summed E-state index contributed by atoms with van der Waals surface area (Å²) < 4.78 is 6.39. The summed E-state index contributed by atoms with van der Waals surface area (Å²) in [5.41, 5.74) is 1.35. The highest BCUT2D eigenvalue weighted by Crippen LogP contribution is 2.51. The molecule has 0 radical (unpaired) electrons. The predicted molar refractivity (Wildman–Crippen MR) is 115 cm³/mol. The molecular formula is C26H21NO2. The lowest BCUT2D eigenvalue weighted by atomic mass is 9.76. The second kappa shape index (κ2) is 6.08. The molecule has 2 heterocycles. The van der Waals surface area contributed by atoms with E-state index in [4.69, 9.17) is 4.74 Å². The normalized spacial score (nSPS) is 20.2. The van der Waals surface area contributed by atoms with E-state index in [1.807, 2.05) is 4.90 Å². The quantitative estimate of drug-likeness (QED) is 0.437. The molecule has 2 fully saturated rings. The molecule has 2 aliphatic heterocycles. The van der Waals surface area contributed by atoms with Crippen molar-refractivity contribution >= 4 is 27.6 Å². The minimum Gasteiger partial charge on any atom is -0.431 e. The lowest BCUT2D eigenvalue weighted by molar-refractivity contribution is 0.0694. The molecular weight excluding hydrogens is 358 g/mol. The van der Waals surface area contributed by atoms with Gasteiger partial charge in [0.1, 0.15) is 0 Å². The van der Waals surface area contributed by atoms with Gasteiger partial charge >= 0.3 is 6.09 Å². The van der Waals surface area contributed by atoms with Gasteiger partial charge in [-0.1, -0.05) is 84.9 Å². The number of ether oxygens (including phenoxy) is 1. The predicted octanol–water partition coefficient (Wildman–Crippen LogP) is 5.85. The van der Waals surface area contributed by atoms with Gasteiger partial charge in [0.25, 0.3) is 0 Å². The van der Waals surface area contributed by atoms with Crippen LogP contribution in [0.4, 0.5) is 4.79 Å². The van der Waals surface area contributed by atoms with Crippen molar-refractivity contribution in [2.45, 2.75) is 24.5 Å². The number of benzene rings is 4. The van der Waals surface area contributed by atoms with E-state index in [0.29, 0.717) is 0 Å². The van der Waals surface area contributed by atoms with E-state index in [9.17, 15) is 4.79 Å². The Balaban J connectivity index is 1.74. The largest absolute Gasteiger partial charge is 0.431 e. The molecule has 4 aromatic carbocycles. The molecule has 3 nitrogen and oxygen atoms in total. The molecule has 142 valence electrons. The molecule has 0 N–H and O–H groups in total. The van der Waals surface area contributed by atoms with Crippen LogP contribution in [0.5, 0.6) is 0 Å². The molecule has 1 amide bonds. The first-order valence-corrected chi connectivity index (χ1v) is 10.3. The van der Waals surface area contributed by atoms with Crippen molar-refractivity contribution in [2.24, 2.45) is 0 Å². The number of carbonyl (C=O) groups excluding carboxylic acids is 1. The molecule has 0 aliphatic carbocycles. The van der Waals surface area contributed by atoms with Gasteiger partial charge in [-0.05, 0) is 34.4 Å². The Morgan fingerprint density at radius 1 is 0.759 bits per heavy atom. The van der Waals surface area contributed by atoms with Crippen LogP contribution in [-0.2, 0) is 10.3 Å². The standard InChI is InChI=1S/C26H21NO2/c28-25-27-17-7-16-24(27)26(29-25,22-14-5-10-18-8-1-3-12-20(18)22)23-15-6-11-19-9-2-4-13-21(19)23/h1-6,8-15,24H,7,16-17H2/t24-/m0/s1. The van der Waals surface area contributed by atoms with Gasteiger partial charge in [0.05, 0.1) is 6.04 Å². The Bertz CT molecular complexity index is 1170. The molecule has 6 rings (SSSR count). The highest BCUT2D eigenvalue weighted by Gasteiger charge is 2.58. The van der Waals surface area contributed by atoms with Gasteiger partial charge in [-0.15, -0.1) is 0 Å². The van der Waals surface area contributed by atoms with Gasteiger partial charge in [-0.3, -0.25) is 0 Å². The first kappa shape index (κ1) is 16.6. The zero-order chi connectivity index (χ0) is 19.4. The maximum absolute atomic E-state index is 13.0. The second-order valence-corrected chi connectivity index (χ2v) is 8.01. The van der Waals surface area contributed by atoms with Crippen molar-refractivity contribution in [2.75, 3.05) is 6.54 Å². The minimum atomic E-state index is -0.810. The summed E-state index contributed by atoms with van der Waals surface area (Å²) >= 11 is 0. The summed E-state index contributed by atoms with van der Waals surface area (Å²) in [7, 11) is 0. The SMILES string of the molecule is O=C1OC(c2cccc3ccccc23)(c2cccc3ccccc23)[C@@H]2CCCN12. The number of hydrogen-bond donors (Lipinski definition) is 0. The van der Waals surface area contributed by atoms with Crippen LogP contribution < -0.4 is 0 Å². The van der Waals surface area contributed by atoms with Gasteiger partial charge in [0.2, 0.25) is 0 Å². The summed E-state index contributed by atoms with van der Waals surface area (Å²) in [6.45, 7) is 0.765. The van der Waals surface area contributed by atoms with E-state index in [2.05, 4.69) is 84.9 Å². The monoisotopic (exact) mass is 379 g/mol. The maximum atomic E-state index is 13.0. The van der Waals surface area contributed by atoms with Crippen molar-refractivity contribution in [1.29, 1.82) is 0 Å². The van der Waals surface area contributed by atoms with E-state index in [1.54, 1.807) is 0 Å². The summed E-state index contributed by atoms with van der Waals surface area (Å²) in [5.74, 6) is 0. The molecule has 0 saturated carbocycles. The molecule has 1 atom stereocenters. The molecule has 3 heteroatoms. The van der Waals surface area contributed by atoms with Crippen molar-refractivity contribution in [3.8, 4) is 0 Å². The topological polar surface area (TPSA) is 29.5 Å². The summed E-state index contributed by atoms with van der Waals surface area (Å²) in [5, 5.41) is 4.61. The van der Waals surface area contributed by atoms with E-state index in [0.717, 1.165) is 52.1 Å². The Kier molecular flexibility index (Phi) is 3.48. The third kappa shape index (κ3) is 2.21. The number of fused-ring (bicyclic) bond motifs is 3. The average molecular weight is 379 g/mol. The van der Waals surface area contributed by atoms with Gasteiger partial charge < -0.3 is 9.64 Å². The third-order valence-electron chi connectivity index (χ3n) is 6.58. The summed E-state index contributed by atoms with van der Waals surface area (Å²) in [6, 6.07) is 29.5. The number of cyclic esters (lactones) is 1. The van der Waals surface area contributed by atoms with E-state index >= 15 is 0 Å². The van der Waals surface area contributed by atoms with Crippen molar-refractivity contribution < 1.29 is 9.53 Å². The molecule has 0 bridgehead atoms. The molecule has 0 aromatic heterocycles. The van der Waals surface area contributed by atoms with Crippen LogP contribution in [0.25, 0.3) is 21.5 Å². The van der Waals surface area contributed by atoms with Crippen LogP contribution in [0, 0.1) is 0 Å². The van der Waals surface area contributed by atoms with Crippen molar-refractivity contribution in [3.63, 3.8) is 0 Å². The first-order chi connectivity index (χ1) is 14.3. The van der Waals surface area contributed by atoms with Gasteiger partial charge in [-0.2, -0.15) is 0 Å². The third-order valence-corrected chi connectivity index (χ3v) is 6.58. The number of amides is 1. The van der Waals surface area contributed by atoms with Gasteiger partial charge in [-0.25, -0.2) is 4.79 Å². The van der Waals surface area contributed by atoms with Crippen LogP contribution in [0.2, 0.25) is 0 Å². The lowest BCUT2D eigenvalue weighted by Gasteiger charge is -2.35. The fourth-order valence-electron chi connectivity index (χ4n) is 5.38. The average Bonchev–Trinajstić information content (AvgIpc) is 3.37. The number of carbonyl (C=O) groups is 1. The Morgan fingerprint density at radius 3 is 1.93 bits per heavy atom. The van der Waals surface area contributed by atoms with Crippen LogP contribution >= 0.6 is 0 Å². The van der Waals surface area contributed by atoms with Crippen LogP contribution in [0.3, 0.4) is 0 Å². The maximum Gasteiger partial charge on any atom is 0.411 e. The van der Waals surface area contributed by atoms with Gasteiger partial charge in [0.15, 0.2) is 5.60 Å². The molecule has 29 heavy (non-hydrogen) atoms. The van der Waals surface area contributed by atoms with Crippen LogP contribution in [0.1, 0.15) is 24.0 Å². The summed E-state index contributed by atoms with van der Waals surface area (Å²) in [4.78, 5) is 14.9. The fraction of sp³-hybridized carbons (Fsp3) is 0.192. The first-order valence-electron chi connectivity index (χ1n) is 10.3. The molecule has 2 aliphatic rings. The molecule has 0 spiro atoms. The number of hydrogen-bond acceptors (Lipinski definition) is 2. The highest BCUT2D eigenvalue weighted by atomic mass is 16.6. The zero-order valence-electron chi connectivity index (χ0n) is 16.0. The van der Waals surface area contributed by atoms with Crippen molar-refractivity contribution in [1.82, 2.24) is 4.90 Å². The fourth-order valence-corrected chi connectivity index (χ4v) is 5.38. The molecule has 2 saturated heterocycles. The summed E-state index contributed by atoms with van der Waals surface area (Å²) in [6.07, 6.45) is 1.75. The Morgan fingerprint density at radius 2 is 1.31 bits per heavy atom. The Labute approximate surface area is 169 Å². The number of nitrogens with zero attached hydrogens (tertiary/aromatic N) is 1. The number of rotatable bonds is 2. The van der Waals surface area contributed by atoms with Crippen LogP contribution in [0.15, 0.2) is 84.9 Å². The highest BCUT2D eigenvalue weighted by molar-refractivity contribution is 5.92. The second-order valence-electron chi connectivity index (χ2n) is 8.01. The van der Waals surface area contributed by atoms with Crippen molar-refractivity contribution in [3.05, 3.63) is 96.1 Å².